The third-order valence-electron chi connectivity index (χ3n) is 7.14. The van der Waals surface area contributed by atoms with Crippen molar-refractivity contribution in [1.29, 1.82) is 0 Å². The zero-order chi connectivity index (χ0) is 24.4. The van der Waals surface area contributed by atoms with Gasteiger partial charge in [0.25, 0.3) is 0 Å². The number of rotatable bonds is 6. The van der Waals surface area contributed by atoms with E-state index in [0.717, 1.165) is 18.4 Å². The highest BCUT2D eigenvalue weighted by Gasteiger charge is 2.44. The van der Waals surface area contributed by atoms with Gasteiger partial charge in [-0.1, -0.05) is 31.0 Å². The fourth-order valence-electron chi connectivity index (χ4n) is 5.13. The summed E-state index contributed by atoms with van der Waals surface area (Å²) < 4.78 is 23.7. The lowest BCUT2D eigenvalue weighted by Gasteiger charge is -2.41. The number of hydrogen-bond acceptors (Lipinski definition) is 6. The molecule has 0 N–H and O–H groups in total. The minimum Gasteiger partial charge on any atom is -0.496 e. The van der Waals surface area contributed by atoms with Crippen molar-refractivity contribution in [2.45, 2.75) is 44.8 Å². The largest absolute Gasteiger partial charge is 0.496 e. The average Bonchev–Trinajstić information content (AvgIpc) is 3.12. The highest BCUT2D eigenvalue weighted by molar-refractivity contribution is 6.30. The van der Waals surface area contributed by atoms with Gasteiger partial charge in [0, 0.05) is 23.4 Å². The molecule has 2 heterocycles. The summed E-state index contributed by atoms with van der Waals surface area (Å²) in [6.07, 6.45) is 4.11. The van der Waals surface area contributed by atoms with E-state index in [1.165, 1.54) is 0 Å². The van der Waals surface area contributed by atoms with Crippen molar-refractivity contribution >= 4 is 28.7 Å². The number of ketones is 2. The summed E-state index contributed by atoms with van der Waals surface area (Å²) in [5.41, 5.74) is 1.91. The normalized spacial score (nSPS) is 25.7. The summed E-state index contributed by atoms with van der Waals surface area (Å²) in [5, 5.41) is 0.588. The van der Waals surface area contributed by atoms with Gasteiger partial charge in [-0.2, -0.15) is 0 Å². The number of hydrogen-bond donors (Lipinski definition) is 0. The van der Waals surface area contributed by atoms with Gasteiger partial charge in [0.15, 0.2) is 23.1 Å². The van der Waals surface area contributed by atoms with Crippen LogP contribution in [-0.2, 0) is 14.3 Å². The molecular formula is C28H29ClO6. The molecule has 184 valence electrons. The van der Waals surface area contributed by atoms with Crippen LogP contribution in [0.4, 0.5) is 0 Å². The van der Waals surface area contributed by atoms with E-state index in [-0.39, 0.29) is 42.2 Å². The lowest BCUT2D eigenvalue weighted by atomic mass is 9.72. The SMILES string of the molecule is CCC1CC2C(=O)C(c3ccc4c(c3)OCCCO4)=COC2CC1OCC(=O)c1ccc(Cl)cc1. The van der Waals surface area contributed by atoms with E-state index in [0.29, 0.717) is 53.7 Å². The summed E-state index contributed by atoms with van der Waals surface area (Å²) in [4.78, 5) is 26.1. The standard InChI is InChI=1S/C28H29ClO6/c1-2-17-12-21-26(14-25(17)35-16-23(30)18-4-7-20(29)8-5-18)34-15-22(28(21)31)19-6-9-24-27(13-19)33-11-3-10-32-24/h4-9,13,15,17,21,25-26H,2-3,10-12,14,16H2,1H3. The molecule has 2 aromatic rings. The number of carbonyl (C=O) groups excluding carboxylic acids is 2. The third-order valence-corrected chi connectivity index (χ3v) is 7.39. The zero-order valence-electron chi connectivity index (χ0n) is 19.7. The van der Waals surface area contributed by atoms with Crippen LogP contribution in [0.2, 0.25) is 5.02 Å². The molecule has 35 heavy (non-hydrogen) atoms. The molecule has 4 unspecified atom stereocenters. The average molecular weight is 497 g/mol. The second-order valence-corrected chi connectivity index (χ2v) is 9.74. The van der Waals surface area contributed by atoms with Gasteiger partial charge in [0.2, 0.25) is 0 Å². The Labute approximate surface area is 210 Å². The molecule has 0 bridgehead atoms. The van der Waals surface area contributed by atoms with Gasteiger partial charge in [-0.25, -0.2) is 0 Å². The van der Waals surface area contributed by atoms with E-state index in [1.807, 2.05) is 18.2 Å². The van der Waals surface area contributed by atoms with Gasteiger partial charge in [-0.3, -0.25) is 9.59 Å². The zero-order valence-corrected chi connectivity index (χ0v) is 20.5. The van der Waals surface area contributed by atoms with E-state index in [9.17, 15) is 9.59 Å². The van der Waals surface area contributed by atoms with Crippen LogP contribution in [0.25, 0.3) is 5.57 Å². The van der Waals surface area contributed by atoms with E-state index >= 15 is 0 Å². The van der Waals surface area contributed by atoms with Gasteiger partial charge in [0.1, 0.15) is 12.7 Å². The Morgan fingerprint density at radius 1 is 1.06 bits per heavy atom. The number of benzene rings is 2. The first-order chi connectivity index (χ1) is 17.0. The Kier molecular flexibility index (Phi) is 7.12. The maximum atomic E-state index is 13.5. The third kappa shape index (κ3) is 5.09. The maximum Gasteiger partial charge on any atom is 0.188 e. The predicted molar refractivity (Wildman–Crippen MR) is 132 cm³/mol. The van der Waals surface area contributed by atoms with Crippen molar-refractivity contribution in [3.05, 3.63) is 64.9 Å². The van der Waals surface area contributed by atoms with Gasteiger partial charge in [-0.05, 0) is 54.3 Å². The topological polar surface area (TPSA) is 71.1 Å². The lowest BCUT2D eigenvalue weighted by molar-refractivity contribution is -0.131. The minimum atomic E-state index is -0.259. The molecule has 7 heteroatoms. The van der Waals surface area contributed by atoms with E-state index in [4.69, 9.17) is 30.5 Å². The molecular weight excluding hydrogens is 468 g/mol. The van der Waals surface area contributed by atoms with Crippen molar-refractivity contribution in [2.75, 3.05) is 19.8 Å². The molecule has 0 aromatic heterocycles. The van der Waals surface area contributed by atoms with Crippen LogP contribution in [0.1, 0.15) is 48.5 Å². The quantitative estimate of drug-likeness (QED) is 0.491. The number of halogens is 1. The van der Waals surface area contributed by atoms with Gasteiger partial charge in [0.05, 0.1) is 37.1 Å². The van der Waals surface area contributed by atoms with Crippen molar-refractivity contribution in [3.8, 4) is 11.5 Å². The first-order valence-electron chi connectivity index (χ1n) is 12.2. The van der Waals surface area contributed by atoms with Crippen molar-refractivity contribution < 1.29 is 28.5 Å². The van der Waals surface area contributed by atoms with E-state index in [2.05, 4.69) is 6.92 Å². The van der Waals surface area contributed by atoms with E-state index < -0.39 is 0 Å². The Balaban J connectivity index is 1.27. The lowest BCUT2D eigenvalue weighted by Crippen LogP contribution is -2.46. The van der Waals surface area contributed by atoms with Gasteiger partial charge >= 0.3 is 0 Å². The molecule has 2 aromatic carbocycles. The monoisotopic (exact) mass is 496 g/mol. The molecule has 1 aliphatic carbocycles. The molecule has 1 saturated carbocycles. The number of Topliss-reactive ketones (excluding diaryl/α,β-unsaturated/α-hetero) is 2. The van der Waals surface area contributed by atoms with Gasteiger partial charge < -0.3 is 18.9 Å². The highest BCUT2D eigenvalue weighted by atomic mass is 35.5. The molecule has 1 fully saturated rings. The Morgan fingerprint density at radius 2 is 1.83 bits per heavy atom. The predicted octanol–water partition coefficient (Wildman–Crippen LogP) is 5.51. The summed E-state index contributed by atoms with van der Waals surface area (Å²) in [5.74, 6) is 1.30. The Hall–Kier alpha value is -2.83. The first kappa shape index (κ1) is 23.9. The number of ether oxygens (including phenoxy) is 4. The van der Waals surface area contributed by atoms with Gasteiger partial charge in [-0.15, -0.1) is 0 Å². The van der Waals surface area contributed by atoms with Crippen molar-refractivity contribution in [3.63, 3.8) is 0 Å². The summed E-state index contributed by atoms with van der Waals surface area (Å²) in [6, 6.07) is 12.4. The van der Waals surface area contributed by atoms with Crippen LogP contribution in [0.3, 0.4) is 0 Å². The number of fused-ring (bicyclic) bond motifs is 2. The smallest absolute Gasteiger partial charge is 0.188 e. The number of allylic oxidation sites excluding steroid dienone is 1. The summed E-state index contributed by atoms with van der Waals surface area (Å²) in [6.45, 7) is 3.29. The minimum absolute atomic E-state index is 0.00752. The fourth-order valence-corrected chi connectivity index (χ4v) is 5.26. The van der Waals surface area contributed by atoms with Crippen LogP contribution in [-0.4, -0.2) is 43.6 Å². The number of carbonyl (C=O) groups is 2. The molecule has 0 amide bonds. The summed E-state index contributed by atoms with van der Waals surface area (Å²) in [7, 11) is 0. The molecule has 5 rings (SSSR count). The molecule has 2 aliphatic heterocycles. The van der Waals surface area contributed by atoms with Crippen molar-refractivity contribution in [2.24, 2.45) is 11.8 Å². The molecule has 0 saturated heterocycles. The maximum absolute atomic E-state index is 13.5. The summed E-state index contributed by atoms with van der Waals surface area (Å²) >= 11 is 5.92. The first-order valence-corrected chi connectivity index (χ1v) is 12.6. The highest BCUT2D eigenvalue weighted by Crippen LogP contribution is 2.42. The Bertz CT molecular complexity index is 1120. The Morgan fingerprint density at radius 3 is 2.60 bits per heavy atom. The molecule has 4 atom stereocenters. The molecule has 3 aliphatic rings. The van der Waals surface area contributed by atoms with Crippen LogP contribution >= 0.6 is 11.6 Å². The fraction of sp³-hybridized carbons (Fsp3) is 0.429. The van der Waals surface area contributed by atoms with Crippen LogP contribution in [0, 0.1) is 11.8 Å². The molecule has 0 spiro atoms. The molecule has 6 nitrogen and oxygen atoms in total. The van der Waals surface area contributed by atoms with Crippen LogP contribution in [0.15, 0.2) is 48.7 Å². The second-order valence-electron chi connectivity index (χ2n) is 9.31. The van der Waals surface area contributed by atoms with E-state index in [1.54, 1.807) is 30.5 Å². The van der Waals surface area contributed by atoms with Crippen LogP contribution in [0.5, 0.6) is 11.5 Å². The molecule has 0 radical (unpaired) electrons. The van der Waals surface area contributed by atoms with Crippen LogP contribution < -0.4 is 9.47 Å². The second kappa shape index (κ2) is 10.4. The van der Waals surface area contributed by atoms with Crippen molar-refractivity contribution in [1.82, 2.24) is 0 Å².